The van der Waals surface area contributed by atoms with Gasteiger partial charge < -0.3 is 15.9 Å². The van der Waals surface area contributed by atoms with E-state index in [9.17, 15) is 0 Å². The van der Waals surface area contributed by atoms with Crippen molar-refractivity contribution in [3.05, 3.63) is 48.2 Å². The summed E-state index contributed by atoms with van der Waals surface area (Å²) in [6.07, 6.45) is 1.45. The molecule has 4 N–H and O–H groups in total. The lowest BCUT2D eigenvalue weighted by atomic mass is 10.2. The summed E-state index contributed by atoms with van der Waals surface area (Å²) in [6.45, 7) is 0. The molecule has 6 heteroatoms. The topological polar surface area (TPSA) is 89.9 Å². The van der Waals surface area contributed by atoms with Crippen LogP contribution in [0.3, 0.4) is 0 Å². The standard InChI is InChI=1S/C12H12N4O.ClH/c13-12(14)16-15-8-10-6-7-11(17-10)9-4-2-1-3-5-9;/h1-8H,(H4,13,14,16);1H/b15-8+;. The predicted octanol–water partition coefficient (Wildman–Crippen LogP) is 1.98. The van der Waals surface area contributed by atoms with E-state index >= 15 is 0 Å². The van der Waals surface area contributed by atoms with Crippen molar-refractivity contribution in [1.29, 1.82) is 0 Å². The van der Waals surface area contributed by atoms with Gasteiger partial charge in [-0.2, -0.15) is 5.10 Å². The van der Waals surface area contributed by atoms with Gasteiger partial charge in [0.25, 0.3) is 0 Å². The summed E-state index contributed by atoms with van der Waals surface area (Å²) in [7, 11) is 0. The van der Waals surface area contributed by atoms with Crippen LogP contribution in [-0.2, 0) is 0 Å². The molecule has 1 heterocycles. The third kappa shape index (κ3) is 3.64. The maximum atomic E-state index is 5.55. The molecule has 1 aromatic carbocycles. The number of halogens is 1. The maximum Gasteiger partial charge on any atom is 0.211 e. The summed E-state index contributed by atoms with van der Waals surface area (Å²) >= 11 is 0. The molecule has 0 saturated carbocycles. The first-order valence-corrected chi connectivity index (χ1v) is 5.03. The third-order valence-corrected chi connectivity index (χ3v) is 2.04. The van der Waals surface area contributed by atoms with Gasteiger partial charge in [-0.05, 0) is 12.1 Å². The smallest absolute Gasteiger partial charge is 0.211 e. The minimum Gasteiger partial charge on any atom is -0.455 e. The quantitative estimate of drug-likeness (QED) is 0.504. The lowest BCUT2D eigenvalue weighted by Crippen LogP contribution is -2.21. The SMILES string of the molecule is Cl.NC(N)=N/N=C/c1ccc(-c2ccccc2)o1. The molecule has 0 bridgehead atoms. The first-order chi connectivity index (χ1) is 8.25. The van der Waals surface area contributed by atoms with Gasteiger partial charge in [0.05, 0.1) is 6.21 Å². The Morgan fingerprint density at radius 2 is 1.78 bits per heavy atom. The van der Waals surface area contributed by atoms with Crippen LogP contribution < -0.4 is 11.5 Å². The van der Waals surface area contributed by atoms with Crippen molar-refractivity contribution in [3.63, 3.8) is 0 Å². The third-order valence-electron chi connectivity index (χ3n) is 2.04. The zero-order chi connectivity index (χ0) is 12.1. The second kappa shape index (κ2) is 6.46. The van der Waals surface area contributed by atoms with E-state index in [2.05, 4.69) is 10.2 Å². The van der Waals surface area contributed by atoms with E-state index < -0.39 is 0 Å². The van der Waals surface area contributed by atoms with Crippen molar-refractivity contribution in [2.75, 3.05) is 0 Å². The van der Waals surface area contributed by atoms with Crippen LogP contribution >= 0.6 is 12.4 Å². The van der Waals surface area contributed by atoms with Gasteiger partial charge in [0.1, 0.15) is 11.5 Å². The summed E-state index contributed by atoms with van der Waals surface area (Å²) in [6, 6.07) is 13.5. The maximum absolute atomic E-state index is 5.55. The number of rotatable bonds is 3. The van der Waals surface area contributed by atoms with E-state index in [1.165, 1.54) is 6.21 Å². The molecule has 0 spiro atoms. The number of nitrogens with two attached hydrogens (primary N) is 2. The minimum atomic E-state index is -0.0870. The Morgan fingerprint density at radius 3 is 2.44 bits per heavy atom. The minimum absolute atomic E-state index is 0. The van der Waals surface area contributed by atoms with Gasteiger partial charge in [0, 0.05) is 5.56 Å². The van der Waals surface area contributed by atoms with E-state index in [-0.39, 0.29) is 18.4 Å². The number of hydrogen-bond acceptors (Lipinski definition) is 3. The fourth-order valence-corrected chi connectivity index (χ4v) is 1.33. The number of nitrogens with zero attached hydrogens (tertiary/aromatic N) is 2. The molecular formula is C12H13ClN4O. The normalized spacial score (nSPS) is 10.0. The lowest BCUT2D eigenvalue weighted by molar-refractivity contribution is 0.575. The van der Waals surface area contributed by atoms with Crippen LogP contribution in [0.2, 0.25) is 0 Å². The Hall–Kier alpha value is -2.27. The molecule has 0 aliphatic heterocycles. The van der Waals surface area contributed by atoms with Crippen LogP contribution in [0.1, 0.15) is 5.76 Å². The first kappa shape index (κ1) is 13.8. The highest BCUT2D eigenvalue weighted by Crippen LogP contribution is 2.20. The van der Waals surface area contributed by atoms with Crippen LogP contribution in [0.15, 0.2) is 57.1 Å². The molecule has 2 rings (SSSR count). The van der Waals surface area contributed by atoms with Gasteiger partial charge in [-0.15, -0.1) is 17.5 Å². The monoisotopic (exact) mass is 264 g/mol. The molecular weight excluding hydrogens is 252 g/mol. The van der Waals surface area contributed by atoms with Crippen molar-refractivity contribution < 1.29 is 4.42 Å². The highest BCUT2D eigenvalue weighted by molar-refractivity contribution is 5.85. The summed E-state index contributed by atoms with van der Waals surface area (Å²) in [4.78, 5) is 0. The van der Waals surface area contributed by atoms with Gasteiger partial charge >= 0.3 is 0 Å². The average Bonchev–Trinajstić information content (AvgIpc) is 2.78. The largest absolute Gasteiger partial charge is 0.455 e. The van der Waals surface area contributed by atoms with E-state index in [0.717, 1.165) is 11.3 Å². The van der Waals surface area contributed by atoms with Crippen molar-refractivity contribution in [2.24, 2.45) is 21.7 Å². The van der Waals surface area contributed by atoms with Gasteiger partial charge in [-0.25, -0.2) is 0 Å². The highest BCUT2D eigenvalue weighted by atomic mass is 35.5. The van der Waals surface area contributed by atoms with Crippen molar-refractivity contribution in [1.82, 2.24) is 0 Å². The van der Waals surface area contributed by atoms with Gasteiger partial charge in [-0.1, -0.05) is 30.3 Å². The van der Waals surface area contributed by atoms with Crippen LogP contribution in [0.5, 0.6) is 0 Å². The zero-order valence-electron chi connectivity index (χ0n) is 9.48. The fraction of sp³-hybridized carbons (Fsp3) is 0. The van der Waals surface area contributed by atoms with Gasteiger partial charge in [0.2, 0.25) is 5.96 Å². The predicted molar refractivity (Wildman–Crippen MR) is 74.8 cm³/mol. The number of hydrogen-bond donors (Lipinski definition) is 2. The number of furan rings is 1. The van der Waals surface area contributed by atoms with Crippen LogP contribution in [0.4, 0.5) is 0 Å². The molecule has 0 aliphatic rings. The first-order valence-electron chi connectivity index (χ1n) is 5.03. The molecule has 0 saturated heterocycles. The van der Waals surface area contributed by atoms with Crippen molar-refractivity contribution in [2.45, 2.75) is 0 Å². The second-order valence-corrected chi connectivity index (χ2v) is 3.34. The van der Waals surface area contributed by atoms with Gasteiger partial charge in [0.15, 0.2) is 0 Å². The Balaban J connectivity index is 0.00000162. The highest BCUT2D eigenvalue weighted by Gasteiger charge is 2.01. The molecule has 0 fully saturated rings. The van der Waals surface area contributed by atoms with Crippen LogP contribution in [0.25, 0.3) is 11.3 Å². The van der Waals surface area contributed by atoms with Crippen LogP contribution in [-0.4, -0.2) is 12.2 Å². The zero-order valence-corrected chi connectivity index (χ0v) is 10.3. The molecule has 0 unspecified atom stereocenters. The van der Waals surface area contributed by atoms with E-state index in [1.807, 2.05) is 36.4 Å². The average molecular weight is 265 g/mol. The Kier molecular flexibility index (Phi) is 4.95. The molecule has 2 aromatic rings. The summed E-state index contributed by atoms with van der Waals surface area (Å²) in [5.41, 5.74) is 11.3. The molecule has 1 aromatic heterocycles. The van der Waals surface area contributed by atoms with E-state index in [0.29, 0.717) is 5.76 Å². The Morgan fingerprint density at radius 1 is 1.06 bits per heavy atom. The molecule has 94 valence electrons. The van der Waals surface area contributed by atoms with E-state index in [4.69, 9.17) is 15.9 Å². The second-order valence-electron chi connectivity index (χ2n) is 3.34. The molecule has 0 atom stereocenters. The molecule has 0 aliphatic carbocycles. The van der Waals surface area contributed by atoms with Crippen LogP contribution in [0, 0.1) is 0 Å². The van der Waals surface area contributed by atoms with Crippen molar-refractivity contribution in [3.8, 4) is 11.3 Å². The van der Waals surface area contributed by atoms with Gasteiger partial charge in [-0.3, -0.25) is 0 Å². The molecule has 0 amide bonds. The summed E-state index contributed by atoms with van der Waals surface area (Å²) in [5.74, 6) is 1.28. The summed E-state index contributed by atoms with van der Waals surface area (Å²) in [5, 5.41) is 7.15. The molecule has 5 nitrogen and oxygen atoms in total. The fourth-order valence-electron chi connectivity index (χ4n) is 1.33. The Bertz CT molecular complexity index is 544. The van der Waals surface area contributed by atoms with E-state index in [1.54, 1.807) is 6.07 Å². The number of benzene rings is 1. The molecule has 0 radical (unpaired) electrons. The number of guanidine groups is 1. The Labute approximate surface area is 111 Å². The lowest BCUT2D eigenvalue weighted by Gasteiger charge is -1.94. The van der Waals surface area contributed by atoms with Crippen molar-refractivity contribution >= 4 is 24.6 Å². The molecule has 18 heavy (non-hydrogen) atoms. The summed E-state index contributed by atoms with van der Waals surface area (Å²) < 4.78 is 5.55.